The van der Waals surface area contributed by atoms with E-state index < -0.39 is 0 Å². The second-order valence-electron chi connectivity index (χ2n) is 3.41. The summed E-state index contributed by atoms with van der Waals surface area (Å²) in [6, 6.07) is 0. The molecule has 1 N–H and O–H groups in total. The normalized spacial score (nSPS) is 16.7. The minimum Gasteiger partial charge on any atom is -0.271 e. The third-order valence-electron chi connectivity index (χ3n) is 2.29. The van der Waals surface area contributed by atoms with Crippen LogP contribution in [0.5, 0.6) is 0 Å². The lowest BCUT2D eigenvalue weighted by molar-refractivity contribution is -0.144. The summed E-state index contributed by atoms with van der Waals surface area (Å²) in [5.41, 5.74) is 0. The molecule has 0 saturated carbocycles. The Labute approximate surface area is 87.6 Å². The Hall–Kier alpha value is -1.43. The molecule has 0 bridgehead atoms. The van der Waals surface area contributed by atoms with Gasteiger partial charge in [0.05, 0.1) is 6.61 Å². The maximum absolute atomic E-state index is 11.8. The molecule has 0 unspecified atom stereocenters. The van der Waals surface area contributed by atoms with E-state index in [-0.39, 0.29) is 11.7 Å². The van der Waals surface area contributed by atoms with Crippen molar-refractivity contribution in [1.82, 2.24) is 20.2 Å². The Morgan fingerprint density at radius 3 is 3.07 bits per heavy atom. The Morgan fingerprint density at radius 2 is 2.47 bits per heavy atom. The van der Waals surface area contributed by atoms with Crippen LogP contribution in [-0.4, -0.2) is 39.3 Å². The van der Waals surface area contributed by atoms with Gasteiger partial charge in [0.15, 0.2) is 0 Å². The molecule has 0 radical (unpaired) electrons. The molecule has 0 spiro atoms. The molecule has 2 heterocycles. The molecule has 2 rings (SSSR count). The van der Waals surface area contributed by atoms with E-state index in [0.717, 1.165) is 25.1 Å². The Bertz CT molecular complexity index is 344. The van der Waals surface area contributed by atoms with Gasteiger partial charge in [0.1, 0.15) is 5.82 Å². The standard InChI is InChI=1S/C9H14N4O2/c1-2-7-10-8(12-11-7)9(14)13-5-3-4-6-15-13/h2-6H2,1H3,(H,10,11,12). The lowest BCUT2D eigenvalue weighted by Gasteiger charge is -2.24. The van der Waals surface area contributed by atoms with E-state index in [0.29, 0.717) is 13.2 Å². The van der Waals surface area contributed by atoms with Crippen LogP contribution in [0.2, 0.25) is 0 Å². The van der Waals surface area contributed by atoms with Crippen molar-refractivity contribution < 1.29 is 9.63 Å². The Balaban J connectivity index is 2.05. The number of aromatic nitrogens is 3. The highest BCUT2D eigenvalue weighted by Gasteiger charge is 2.22. The summed E-state index contributed by atoms with van der Waals surface area (Å²) in [7, 11) is 0. The van der Waals surface area contributed by atoms with Gasteiger partial charge < -0.3 is 0 Å². The van der Waals surface area contributed by atoms with Crippen LogP contribution in [0.4, 0.5) is 0 Å². The van der Waals surface area contributed by atoms with Crippen molar-refractivity contribution in [3.63, 3.8) is 0 Å². The maximum Gasteiger partial charge on any atom is 0.317 e. The number of nitrogens with one attached hydrogen (secondary N) is 1. The zero-order valence-corrected chi connectivity index (χ0v) is 8.69. The van der Waals surface area contributed by atoms with Gasteiger partial charge in [-0.05, 0) is 12.8 Å². The SMILES string of the molecule is CCc1nc(C(=O)N2CCCCO2)n[nH]1. The number of hydrogen-bond acceptors (Lipinski definition) is 4. The van der Waals surface area contributed by atoms with Crippen molar-refractivity contribution in [3.8, 4) is 0 Å². The van der Waals surface area contributed by atoms with Crippen molar-refractivity contribution in [3.05, 3.63) is 11.6 Å². The van der Waals surface area contributed by atoms with E-state index in [1.54, 1.807) is 0 Å². The van der Waals surface area contributed by atoms with Crippen LogP contribution in [-0.2, 0) is 11.3 Å². The largest absolute Gasteiger partial charge is 0.317 e. The number of hydrogen-bond donors (Lipinski definition) is 1. The molecule has 82 valence electrons. The summed E-state index contributed by atoms with van der Waals surface area (Å²) in [4.78, 5) is 21.1. The number of carbonyl (C=O) groups is 1. The van der Waals surface area contributed by atoms with Gasteiger partial charge in [0.2, 0.25) is 5.82 Å². The van der Waals surface area contributed by atoms with Crippen LogP contribution in [0.25, 0.3) is 0 Å². The maximum atomic E-state index is 11.8. The molecule has 1 amide bonds. The van der Waals surface area contributed by atoms with E-state index in [2.05, 4.69) is 15.2 Å². The highest BCUT2D eigenvalue weighted by Crippen LogP contribution is 2.09. The first kappa shape index (κ1) is 10.1. The smallest absolute Gasteiger partial charge is 0.271 e. The van der Waals surface area contributed by atoms with Gasteiger partial charge >= 0.3 is 5.91 Å². The van der Waals surface area contributed by atoms with E-state index >= 15 is 0 Å². The summed E-state index contributed by atoms with van der Waals surface area (Å²) in [5.74, 6) is 0.648. The molecule has 1 aromatic heterocycles. The Kier molecular flexibility index (Phi) is 2.96. The zero-order valence-electron chi connectivity index (χ0n) is 8.69. The minimum absolute atomic E-state index is 0.189. The van der Waals surface area contributed by atoms with Gasteiger partial charge in [0, 0.05) is 13.0 Å². The quantitative estimate of drug-likeness (QED) is 0.773. The third kappa shape index (κ3) is 2.15. The molecule has 1 aliphatic rings. The fraction of sp³-hybridized carbons (Fsp3) is 0.667. The van der Waals surface area contributed by atoms with Crippen molar-refractivity contribution in [2.45, 2.75) is 26.2 Å². The topological polar surface area (TPSA) is 71.1 Å². The molecule has 0 atom stereocenters. The molecular weight excluding hydrogens is 196 g/mol. The van der Waals surface area contributed by atoms with E-state index in [4.69, 9.17) is 4.84 Å². The number of hydroxylamine groups is 2. The molecule has 6 nitrogen and oxygen atoms in total. The van der Waals surface area contributed by atoms with Gasteiger partial charge in [-0.15, -0.1) is 5.10 Å². The van der Waals surface area contributed by atoms with Crippen LogP contribution in [0.3, 0.4) is 0 Å². The van der Waals surface area contributed by atoms with Gasteiger partial charge in [-0.3, -0.25) is 14.7 Å². The van der Waals surface area contributed by atoms with Gasteiger partial charge in [-0.1, -0.05) is 6.92 Å². The van der Waals surface area contributed by atoms with Crippen molar-refractivity contribution in [2.75, 3.05) is 13.2 Å². The first-order valence-electron chi connectivity index (χ1n) is 5.17. The predicted octanol–water partition coefficient (Wildman–Crippen LogP) is 0.535. The molecule has 1 aliphatic heterocycles. The fourth-order valence-electron chi connectivity index (χ4n) is 1.42. The number of carbonyl (C=O) groups excluding carboxylic acids is 1. The van der Waals surface area contributed by atoms with Crippen molar-refractivity contribution in [2.24, 2.45) is 0 Å². The summed E-state index contributed by atoms with van der Waals surface area (Å²) in [5, 5.41) is 7.91. The lowest BCUT2D eigenvalue weighted by Crippen LogP contribution is -2.36. The van der Waals surface area contributed by atoms with Gasteiger partial charge in [-0.2, -0.15) is 0 Å². The summed E-state index contributed by atoms with van der Waals surface area (Å²) < 4.78 is 0. The Morgan fingerprint density at radius 1 is 1.60 bits per heavy atom. The molecule has 1 fully saturated rings. The summed E-state index contributed by atoms with van der Waals surface area (Å²) in [6.07, 6.45) is 2.70. The molecule has 15 heavy (non-hydrogen) atoms. The number of aryl methyl sites for hydroxylation is 1. The molecule has 6 heteroatoms. The third-order valence-corrected chi connectivity index (χ3v) is 2.29. The number of H-pyrrole nitrogens is 1. The van der Waals surface area contributed by atoms with E-state index in [1.165, 1.54) is 5.06 Å². The number of nitrogens with zero attached hydrogens (tertiary/aromatic N) is 3. The van der Waals surface area contributed by atoms with E-state index in [9.17, 15) is 4.79 Å². The molecular formula is C9H14N4O2. The monoisotopic (exact) mass is 210 g/mol. The molecule has 1 aromatic rings. The van der Waals surface area contributed by atoms with Crippen LogP contribution in [0, 0.1) is 0 Å². The van der Waals surface area contributed by atoms with Crippen LogP contribution >= 0.6 is 0 Å². The van der Waals surface area contributed by atoms with Crippen molar-refractivity contribution >= 4 is 5.91 Å². The second kappa shape index (κ2) is 4.39. The van der Waals surface area contributed by atoms with Crippen LogP contribution < -0.4 is 0 Å². The number of aromatic amines is 1. The first-order chi connectivity index (χ1) is 7.31. The second-order valence-corrected chi connectivity index (χ2v) is 3.41. The van der Waals surface area contributed by atoms with Crippen LogP contribution in [0.1, 0.15) is 36.2 Å². The van der Waals surface area contributed by atoms with Crippen LogP contribution in [0.15, 0.2) is 0 Å². The first-order valence-corrected chi connectivity index (χ1v) is 5.17. The fourth-order valence-corrected chi connectivity index (χ4v) is 1.42. The zero-order chi connectivity index (χ0) is 10.7. The van der Waals surface area contributed by atoms with Crippen molar-refractivity contribution in [1.29, 1.82) is 0 Å². The van der Waals surface area contributed by atoms with Gasteiger partial charge in [-0.25, -0.2) is 10.0 Å². The highest BCUT2D eigenvalue weighted by molar-refractivity contribution is 5.89. The molecule has 0 aliphatic carbocycles. The minimum atomic E-state index is -0.259. The average Bonchev–Trinajstić information content (AvgIpc) is 2.78. The number of rotatable bonds is 2. The summed E-state index contributed by atoms with van der Waals surface area (Å²) >= 11 is 0. The summed E-state index contributed by atoms with van der Waals surface area (Å²) in [6.45, 7) is 3.16. The number of amides is 1. The molecule has 0 aromatic carbocycles. The average molecular weight is 210 g/mol. The lowest BCUT2D eigenvalue weighted by atomic mass is 10.3. The predicted molar refractivity (Wildman–Crippen MR) is 52.0 cm³/mol. The van der Waals surface area contributed by atoms with Gasteiger partial charge in [0.25, 0.3) is 0 Å². The van der Waals surface area contributed by atoms with E-state index in [1.807, 2.05) is 6.92 Å². The molecule has 1 saturated heterocycles. The highest BCUT2D eigenvalue weighted by atomic mass is 16.7.